The van der Waals surface area contributed by atoms with E-state index in [9.17, 15) is 18.0 Å². The first-order chi connectivity index (χ1) is 17.9. The summed E-state index contributed by atoms with van der Waals surface area (Å²) < 4.78 is 49.3. The molecule has 1 aliphatic heterocycles. The first-order valence-corrected chi connectivity index (χ1v) is 12.3. The van der Waals surface area contributed by atoms with Gasteiger partial charge in [-0.1, -0.05) is 0 Å². The summed E-state index contributed by atoms with van der Waals surface area (Å²) in [5, 5.41) is 17.6. The van der Waals surface area contributed by atoms with E-state index in [0.717, 1.165) is 12.8 Å². The summed E-state index contributed by atoms with van der Waals surface area (Å²) in [7, 11) is 0. The lowest BCUT2D eigenvalue weighted by Gasteiger charge is -2.28. The number of amides is 1. The van der Waals surface area contributed by atoms with Crippen molar-refractivity contribution in [1.82, 2.24) is 24.8 Å². The molecule has 198 valence electrons. The fourth-order valence-electron chi connectivity index (χ4n) is 4.90. The van der Waals surface area contributed by atoms with Gasteiger partial charge in [-0.25, -0.2) is 23.1 Å². The number of ether oxygens (including phenoxy) is 1. The summed E-state index contributed by atoms with van der Waals surface area (Å²) in [6.07, 6.45) is 5.11. The zero-order chi connectivity index (χ0) is 25.9. The number of fused-ring (bicyclic) bond motifs is 1. The number of carbonyl (C=O) groups is 1. The largest absolute Gasteiger partial charge is 0.395 e. The standard InChI is InChI=1S/C24H28F3N7O3/c25-14-9-17(26)20(18(27)10-14)32-24-31-19-11-29-23(33-21(19)34(24)16-5-8-37-12-16)30-15-3-1-13(2-4-15)22(36)28-6-7-35/h9-11,13,15-16,35H,1-8,12H2,(H,28,36)(H,31,32)(H,29,30,33)/t13?,15?,16-/m1/s1. The summed E-state index contributed by atoms with van der Waals surface area (Å²) in [6.45, 7) is 1.07. The Morgan fingerprint density at radius 2 is 1.86 bits per heavy atom. The molecule has 0 bridgehead atoms. The van der Waals surface area contributed by atoms with Gasteiger partial charge in [-0.2, -0.15) is 4.98 Å². The molecule has 3 heterocycles. The lowest BCUT2D eigenvalue weighted by molar-refractivity contribution is -0.126. The van der Waals surface area contributed by atoms with Crippen LogP contribution in [-0.4, -0.2) is 62.9 Å². The Morgan fingerprint density at radius 1 is 1.11 bits per heavy atom. The average Bonchev–Trinajstić information content (AvgIpc) is 3.52. The third-order valence-corrected chi connectivity index (χ3v) is 6.79. The first kappa shape index (κ1) is 25.2. The van der Waals surface area contributed by atoms with E-state index in [4.69, 9.17) is 9.84 Å². The van der Waals surface area contributed by atoms with Crippen LogP contribution in [0.25, 0.3) is 11.2 Å². The lowest BCUT2D eigenvalue weighted by atomic mass is 9.85. The normalized spacial score (nSPS) is 21.8. The molecule has 1 aromatic carbocycles. The summed E-state index contributed by atoms with van der Waals surface area (Å²) >= 11 is 0. The molecule has 1 saturated carbocycles. The maximum absolute atomic E-state index is 14.3. The second-order valence-corrected chi connectivity index (χ2v) is 9.30. The maximum Gasteiger partial charge on any atom is 0.224 e. The highest BCUT2D eigenvalue weighted by atomic mass is 19.1. The highest BCUT2D eigenvalue weighted by molar-refractivity contribution is 5.79. The Labute approximate surface area is 210 Å². The zero-order valence-electron chi connectivity index (χ0n) is 20.0. The van der Waals surface area contributed by atoms with Crippen LogP contribution in [0.15, 0.2) is 18.3 Å². The van der Waals surface area contributed by atoms with Gasteiger partial charge in [0.1, 0.15) is 17.0 Å². The number of halogens is 3. The van der Waals surface area contributed by atoms with Gasteiger partial charge in [0.15, 0.2) is 17.3 Å². The molecule has 0 radical (unpaired) electrons. The molecule has 2 aromatic heterocycles. The Hall–Kier alpha value is -3.45. The van der Waals surface area contributed by atoms with E-state index in [0.29, 0.717) is 61.7 Å². The molecule has 37 heavy (non-hydrogen) atoms. The van der Waals surface area contributed by atoms with Crippen molar-refractivity contribution < 1.29 is 27.8 Å². The van der Waals surface area contributed by atoms with Crippen LogP contribution in [0.4, 0.5) is 30.8 Å². The van der Waals surface area contributed by atoms with E-state index in [1.165, 1.54) is 6.20 Å². The van der Waals surface area contributed by atoms with Crippen LogP contribution in [-0.2, 0) is 9.53 Å². The van der Waals surface area contributed by atoms with Crippen molar-refractivity contribution in [2.75, 3.05) is 37.0 Å². The average molecular weight is 520 g/mol. The van der Waals surface area contributed by atoms with Gasteiger partial charge in [0.2, 0.25) is 17.8 Å². The van der Waals surface area contributed by atoms with Crippen molar-refractivity contribution in [2.45, 2.75) is 44.2 Å². The highest BCUT2D eigenvalue weighted by Gasteiger charge is 2.28. The van der Waals surface area contributed by atoms with E-state index in [1.54, 1.807) is 4.57 Å². The number of hydrogen-bond acceptors (Lipinski definition) is 8. The molecular formula is C24H28F3N7O3. The molecule has 13 heteroatoms. The first-order valence-electron chi connectivity index (χ1n) is 12.3. The van der Waals surface area contributed by atoms with Crippen LogP contribution >= 0.6 is 0 Å². The zero-order valence-corrected chi connectivity index (χ0v) is 20.0. The van der Waals surface area contributed by atoms with Gasteiger partial charge in [0, 0.05) is 37.2 Å². The molecule has 2 aliphatic rings. The number of rotatable bonds is 8. The third kappa shape index (κ3) is 5.47. The molecule has 0 spiro atoms. The summed E-state index contributed by atoms with van der Waals surface area (Å²) in [5.74, 6) is -2.76. The van der Waals surface area contributed by atoms with E-state index >= 15 is 0 Å². The molecule has 10 nitrogen and oxygen atoms in total. The number of hydrogen-bond donors (Lipinski definition) is 4. The van der Waals surface area contributed by atoms with Gasteiger partial charge in [0.25, 0.3) is 0 Å². The minimum atomic E-state index is -1.08. The molecule has 3 aromatic rings. The summed E-state index contributed by atoms with van der Waals surface area (Å²) in [6, 6.07) is 1.11. The van der Waals surface area contributed by atoms with E-state index in [2.05, 4.69) is 30.9 Å². The molecule has 5 rings (SSSR count). The fraction of sp³-hybridized carbons (Fsp3) is 0.500. The Morgan fingerprint density at radius 3 is 2.54 bits per heavy atom. The Balaban J connectivity index is 1.37. The molecule has 1 saturated heterocycles. The quantitative estimate of drug-likeness (QED) is 0.358. The van der Waals surface area contributed by atoms with Crippen LogP contribution in [0.1, 0.15) is 38.1 Å². The number of aromatic nitrogens is 4. The molecule has 1 aliphatic carbocycles. The molecular weight excluding hydrogens is 491 g/mol. The van der Waals surface area contributed by atoms with Crippen LogP contribution in [0.3, 0.4) is 0 Å². The Bertz CT molecular complexity index is 1250. The van der Waals surface area contributed by atoms with Gasteiger partial charge in [-0.3, -0.25) is 9.36 Å². The van der Waals surface area contributed by atoms with Crippen LogP contribution in [0, 0.1) is 23.4 Å². The van der Waals surface area contributed by atoms with E-state index < -0.39 is 23.1 Å². The number of carbonyl (C=O) groups excluding carboxylic acids is 1. The molecule has 0 unspecified atom stereocenters. The van der Waals surface area contributed by atoms with E-state index in [-0.39, 0.29) is 43.0 Å². The third-order valence-electron chi connectivity index (χ3n) is 6.79. The SMILES string of the molecule is O=C(NCCO)C1CCC(Nc2ncc3nc(Nc4c(F)cc(F)cc4F)n([C@@H]4CCOC4)c3n2)CC1. The lowest BCUT2D eigenvalue weighted by Crippen LogP contribution is -2.37. The van der Waals surface area contributed by atoms with Crippen molar-refractivity contribution in [2.24, 2.45) is 5.92 Å². The highest BCUT2D eigenvalue weighted by Crippen LogP contribution is 2.32. The summed E-state index contributed by atoms with van der Waals surface area (Å²) in [4.78, 5) is 25.6. The van der Waals surface area contributed by atoms with E-state index in [1.807, 2.05) is 0 Å². The van der Waals surface area contributed by atoms with Crippen molar-refractivity contribution in [1.29, 1.82) is 0 Å². The molecule has 4 N–H and O–H groups in total. The second-order valence-electron chi connectivity index (χ2n) is 9.30. The second kappa shape index (κ2) is 10.9. The topological polar surface area (TPSA) is 126 Å². The van der Waals surface area contributed by atoms with Crippen LogP contribution in [0.5, 0.6) is 0 Å². The van der Waals surface area contributed by atoms with Gasteiger partial charge < -0.3 is 25.8 Å². The minimum Gasteiger partial charge on any atom is -0.395 e. The Kier molecular flexibility index (Phi) is 7.42. The molecule has 1 atom stereocenters. The number of aliphatic hydroxyl groups excluding tert-OH is 1. The van der Waals surface area contributed by atoms with Crippen molar-refractivity contribution >= 4 is 34.7 Å². The predicted octanol–water partition coefficient (Wildman–Crippen LogP) is 3.03. The maximum atomic E-state index is 14.3. The number of imidazole rings is 1. The number of anilines is 3. The van der Waals surface area contributed by atoms with Crippen LogP contribution < -0.4 is 16.0 Å². The fourth-order valence-corrected chi connectivity index (χ4v) is 4.90. The smallest absolute Gasteiger partial charge is 0.224 e. The predicted molar refractivity (Wildman–Crippen MR) is 129 cm³/mol. The van der Waals surface area contributed by atoms with Crippen molar-refractivity contribution in [3.05, 3.63) is 35.8 Å². The molecule has 2 fully saturated rings. The number of aliphatic hydroxyl groups is 1. The summed E-state index contributed by atoms with van der Waals surface area (Å²) in [5.41, 5.74) is 0.380. The molecule has 1 amide bonds. The van der Waals surface area contributed by atoms with Crippen molar-refractivity contribution in [3.63, 3.8) is 0 Å². The number of nitrogens with one attached hydrogen (secondary N) is 3. The number of benzene rings is 1. The van der Waals surface area contributed by atoms with Crippen LogP contribution in [0.2, 0.25) is 0 Å². The van der Waals surface area contributed by atoms with Crippen molar-refractivity contribution in [3.8, 4) is 0 Å². The van der Waals surface area contributed by atoms with Gasteiger partial charge in [-0.05, 0) is 32.1 Å². The monoisotopic (exact) mass is 519 g/mol. The minimum absolute atomic E-state index is 0.0399. The number of nitrogens with zero attached hydrogens (tertiary/aromatic N) is 4. The van der Waals surface area contributed by atoms with Gasteiger partial charge >= 0.3 is 0 Å². The van der Waals surface area contributed by atoms with Gasteiger partial charge in [-0.15, -0.1) is 0 Å². The van der Waals surface area contributed by atoms with Gasteiger partial charge in [0.05, 0.1) is 25.5 Å².